The summed E-state index contributed by atoms with van der Waals surface area (Å²) in [5.41, 5.74) is 6.45. The van der Waals surface area contributed by atoms with Crippen molar-refractivity contribution in [1.82, 2.24) is 10.0 Å². The van der Waals surface area contributed by atoms with Crippen LogP contribution < -0.4 is 15.8 Å². The number of carbonyl (C=O) groups is 1. The Labute approximate surface area is 119 Å². The Morgan fingerprint density at radius 1 is 1.35 bits per heavy atom. The molecule has 0 aliphatic rings. The molecule has 0 aliphatic heterocycles. The summed E-state index contributed by atoms with van der Waals surface area (Å²) < 4.78 is 26.2. The van der Waals surface area contributed by atoms with E-state index in [1.807, 2.05) is 0 Å². The summed E-state index contributed by atoms with van der Waals surface area (Å²) in [6.07, 6.45) is 0.681. The van der Waals surface area contributed by atoms with Crippen molar-refractivity contribution in [1.29, 1.82) is 0 Å². The molecule has 0 saturated carbocycles. The molecule has 0 fully saturated rings. The molecule has 0 heterocycles. The highest BCUT2D eigenvalue weighted by Gasteiger charge is 2.16. The average Bonchev–Trinajstić information content (AvgIpc) is 2.39. The van der Waals surface area contributed by atoms with Gasteiger partial charge < -0.3 is 11.1 Å². The summed E-state index contributed by atoms with van der Waals surface area (Å²) in [5, 5.41) is 2.72. The van der Waals surface area contributed by atoms with Crippen LogP contribution in [0.15, 0.2) is 23.1 Å². The van der Waals surface area contributed by atoms with E-state index in [2.05, 4.69) is 10.0 Å². The molecule has 1 aromatic carbocycles. The molecular formula is C13H21N3O3S. The van der Waals surface area contributed by atoms with Crippen molar-refractivity contribution in [2.75, 3.05) is 19.6 Å². The van der Waals surface area contributed by atoms with Gasteiger partial charge in [-0.1, -0.05) is 13.0 Å². The number of rotatable bonds is 7. The third-order valence-electron chi connectivity index (χ3n) is 2.76. The smallest absolute Gasteiger partial charge is 0.251 e. The highest BCUT2D eigenvalue weighted by atomic mass is 32.2. The van der Waals surface area contributed by atoms with Crippen molar-refractivity contribution in [3.8, 4) is 0 Å². The van der Waals surface area contributed by atoms with E-state index >= 15 is 0 Å². The monoisotopic (exact) mass is 299 g/mol. The molecule has 0 saturated heterocycles. The number of nitrogens with one attached hydrogen (secondary N) is 2. The summed E-state index contributed by atoms with van der Waals surface area (Å²) in [6.45, 7) is 4.73. The molecule has 0 unspecified atom stereocenters. The largest absolute Gasteiger partial charge is 0.352 e. The first-order chi connectivity index (χ1) is 9.42. The van der Waals surface area contributed by atoms with Crippen LogP contribution in [0, 0.1) is 6.92 Å². The van der Waals surface area contributed by atoms with Crippen molar-refractivity contribution in [3.05, 3.63) is 29.3 Å². The molecule has 6 nitrogen and oxygen atoms in total. The van der Waals surface area contributed by atoms with E-state index < -0.39 is 10.0 Å². The fourth-order valence-corrected chi connectivity index (χ4v) is 2.75. The summed E-state index contributed by atoms with van der Waals surface area (Å²) >= 11 is 0. The van der Waals surface area contributed by atoms with Gasteiger partial charge in [0, 0.05) is 18.7 Å². The number of amides is 1. The van der Waals surface area contributed by atoms with Crippen molar-refractivity contribution >= 4 is 15.9 Å². The lowest BCUT2D eigenvalue weighted by Crippen LogP contribution is -2.27. The molecule has 7 heteroatoms. The predicted molar refractivity (Wildman–Crippen MR) is 78.0 cm³/mol. The number of hydrogen-bond acceptors (Lipinski definition) is 4. The van der Waals surface area contributed by atoms with Crippen molar-refractivity contribution in [2.24, 2.45) is 5.73 Å². The van der Waals surface area contributed by atoms with Crippen LogP contribution in [0.4, 0.5) is 0 Å². The second-order valence-corrected chi connectivity index (χ2v) is 6.14. The molecule has 1 amide bonds. The molecule has 0 aliphatic carbocycles. The summed E-state index contributed by atoms with van der Waals surface area (Å²) in [7, 11) is -3.56. The highest BCUT2D eigenvalue weighted by molar-refractivity contribution is 7.89. The second-order valence-electron chi connectivity index (χ2n) is 4.38. The molecule has 0 bridgehead atoms. The number of benzene rings is 1. The normalized spacial score (nSPS) is 11.3. The zero-order valence-corrected chi connectivity index (χ0v) is 12.6. The molecular weight excluding hydrogens is 278 g/mol. The van der Waals surface area contributed by atoms with Crippen LogP contribution in [0.2, 0.25) is 0 Å². The standard InChI is InChI=1S/C13H21N3O3S/c1-3-16-20(18,19)11-6-5-10(2)12(9-11)13(17)15-8-4-7-14/h5-6,9,16H,3-4,7-8,14H2,1-2H3,(H,15,17). The van der Waals surface area contributed by atoms with Crippen LogP contribution in [0.5, 0.6) is 0 Å². The number of sulfonamides is 1. The van der Waals surface area contributed by atoms with Gasteiger partial charge in [0.1, 0.15) is 0 Å². The Balaban J connectivity index is 3.00. The SMILES string of the molecule is CCNS(=O)(=O)c1ccc(C)c(C(=O)NCCCN)c1. The van der Waals surface area contributed by atoms with Gasteiger partial charge in [0.25, 0.3) is 5.91 Å². The molecule has 20 heavy (non-hydrogen) atoms. The maximum atomic E-state index is 12.0. The molecule has 1 aromatic rings. The number of carbonyl (C=O) groups excluding carboxylic acids is 1. The van der Waals surface area contributed by atoms with Crippen LogP contribution in [0.3, 0.4) is 0 Å². The Kier molecular flexibility index (Phi) is 6.12. The number of nitrogens with two attached hydrogens (primary N) is 1. The van der Waals surface area contributed by atoms with Gasteiger partial charge in [-0.3, -0.25) is 4.79 Å². The lowest BCUT2D eigenvalue weighted by molar-refractivity contribution is 0.0952. The van der Waals surface area contributed by atoms with Crippen LogP contribution in [0.1, 0.15) is 29.3 Å². The lowest BCUT2D eigenvalue weighted by Gasteiger charge is -2.10. The molecule has 4 N–H and O–H groups in total. The predicted octanol–water partition coefficient (Wildman–Crippen LogP) is 0.372. The van der Waals surface area contributed by atoms with Gasteiger partial charge >= 0.3 is 0 Å². The number of aryl methyl sites for hydroxylation is 1. The van der Waals surface area contributed by atoms with Crippen molar-refractivity contribution < 1.29 is 13.2 Å². The third kappa shape index (κ3) is 4.29. The first kappa shape index (κ1) is 16.6. The van der Waals surface area contributed by atoms with Crippen LogP contribution >= 0.6 is 0 Å². The fraction of sp³-hybridized carbons (Fsp3) is 0.462. The second kappa shape index (κ2) is 7.37. The summed E-state index contributed by atoms with van der Waals surface area (Å²) in [6, 6.07) is 4.51. The highest BCUT2D eigenvalue weighted by Crippen LogP contribution is 2.15. The summed E-state index contributed by atoms with van der Waals surface area (Å²) in [4.78, 5) is 12.1. The van der Waals surface area contributed by atoms with Gasteiger partial charge in [-0.15, -0.1) is 0 Å². The van der Waals surface area contributed by atoms with E-state index in [1.165, 1.54) is 12.1 Å². The van der Waals surface area contributed by atoms with Gasteiger partial charge in [0.2, 0.25) is 10.0 Å². The first-order valence-electron chi connectivity index (χ1n) is 6.51. The van der Waals surface area contributed by atoms with Crippen LogP contribution in [-0.2, 0) is 10.0 Å². The number of hydrogen-bond donors (Lipinski definition) is 3. The van der Waals surface area contributed by atoms with E-state index in [9.17, 15) is 13.2 Å². The molecule has 0 radical (unpaired) electrons. The minimum Gasteiger partial charge on any atom is -0.352 e. The molecule has 0 aromatic heterocycles. The molecule has 112 valence electrons. The van der Waals surface area contributed by atoms with Gasteiger partial charge in [-0.05, 0) is 37.6 Å². The molecule has 0 atom stereocenters. The Morgan fingerprint density at radius 3 is 2.65 bits per heavy atom. The van der Waals surface area contributed by atoms with Gasteiger partial charge in [-0.25, -0.2) is 13.1 Å². The van der Waals surface area contributed by atoms with E-state index in [0.29, 0.717) is 31.6 Å². The zero-order valence-electron chi connectivity index (χ0n) is 11.8. The Hall–Kier alpha value is -1.44. The van der Waals surface area contributed by atoms with E-state index in [0.717, 1.165) is 5.56 Å². The van der Waals surface area contributed by atoms with Gasteiger partial charge in [0.15, 0.2) is 0 Å². The lowest BCUT2D eigenvalue weighted by atomic mass is 10.1. The first-order valence-corrected chi connectivity index (χ1v) is 7.99. The maximum Gasteiger partial charge on any atom is 0.251 e. The summed E-state index contributed by atoms with van der Waals surface area (Å²) in [5.74, 6) is -0.288. The molecule has 1 rings (SSSR count). The van der Waals surface area contributed by atoms with Gasteiger partial charge in [0.05, 0.1) is 4.90 Å². The van der Waals surface area contributed by atoms with Crippen molar-refractivity contribution in [3.63, 3.8) is 0 Å². The van der Waals surface area contributed by atoms with Gasteiger partial charge in [-0.2, -0.15) is 0 Å². The third-order valence-corrected chi connectivity index (χ3v) is 4.31. The van der Waals surface area contributed by atoms with Crippen LogP contribution in [-0.4, -0.2) is 34.0 Å². The average molecular weight is 299 g/mol. The molecule has 0 spiro atoms. The van der Waals surface area contributed by atoms with Crippen molar-refractivity contribution in [2.45, 2.75) is 25.2 Å². The van der Waals surface area contributed by atoms with E-state index in [4.69, 9.17) is 5.73 Å². The Morgan fingerprint density at radius 2 is 2.05 bits per heavy atom. The van der Waals surface area contributed by atoms with E-state index in [-0.39, 0.29) is 10.8 Å². The fourth-order valence-electron chi connectivity index (χ4n) is 1.69. The minimum absolute atomic E-state index is 0.0916. The minimum atomic E-state index is -3.56. The Bertz CT molecular complexity index is 570. The topological polar surface area (TPSA) is 101 Å². The maximum absolute atomic E-state index is 12.0. The zero-order chi connectivity index (χ0) is 15.2. The van der Waals surface area contributed by atoms with E-state index in [1.54, 1.807) is 19.9 Å². The quantitative estimate of drug-likeness (QED) is 0.633. The van der Waals surface area contributed by atoms with Crippen LogP contribution in [0.25, 0.3) is 0 Å².